The molecule has 164 valence electrons. The van der Waals surface area contributed by atoms with Gasteiger partial charge >= 0.3 is 0 Å². The van der Waals surface area contributed by atoms with E-state index in [4.69, 9.17) is 0 Å². The molecular formula is C23H27N3O4S. The number of hydrogen-bond donors (Lipinski definition) is 1. The number of amides is 2. The average molecular weight is 442 g/mol. The van der Waals surface area contributed by atoms with Crippen LogP contribution in [0.3, 0.4) is 0 Å². The molecule has 0 saturated carbocycles. The second-order valence-corrected chi connectivity index (χ2v) is 10.0. The predicted octanol–water partition coefficient (Wildman–Crippen LogP) is 2.59. The smallest absolute Gasteiger partial charge is 0.243 e. The normalized spacial score (nSPS) is 19.7. The summed E-state index contributed by atoms with van der Waals surface area (Å²) < 4.78 is 27.4. The van der Waals surface area contributed by atoms with Crippen LogP contribution < -0.4 is 10.2 Å². The molecule has 7 nitrogen and oxygen atoms in total. The molecule has 1 N–H and O–H groups in total. The molecule has 0 aromatic heterocycles. The van der Waals surface area contributed by atoms with Crippen LogP contribution in [-0.2, 0) is 26.2 Å². The first-order valence-corrected chi connectivity index (χ1v) is 12.1. The van der Waals surface area contributed by atoms with Crippen LogP contribution in [0, 0.1) is 6.92 Å². The minimum atomic E-state index is -3.72. The number of nitrogens with zero attached hydrogens (tertiary/aromatic N) is 2. The Morgan fingerprint density at radius 1 is 1.03 bits per heavy atom. The summed E-state index contributed by atoms with van der Waals surface area (Å²) in [6, 6.07) is 13.5. The van der Waals surface area contributed by atoms with Crippen molar-refractivity contribution in [1.29, 1.82) is 0 Å². The van der Waals surface area contributed by atoms with Crippen molar-refractivity contribution >= 4 is 27.5 Å². The van der Waals surface area contributed by atoms with Gasteiger partial charge in [0.2, 0.25) is 21.8 Å². The van der Waals surface area contributed by atoms with Crippen molar-refractivity contribution in [2.45, 2.75) is 50.1 Å². The zero-order chi connectivity index (χ0) is 22.0. The minimum absolute atomic E-state index is 0.136. The largest absolute Gasteiger partial charge is 0.351 e. The van der Waals surface area contributed by atoms with Gasteiger partial charge in [-0.3, -0.25) is 9.59 Å². The van der Waals surface area contributed by atoms with E-state index in [2.05, 4.69) is 5.32 Å². The van der Waals surface area contributed by atoms with Gasteiger partial charge in [-0.25, -0.2) is 8.42 Å². The molecule has 0 spiro atoms. The molecule has 2 fully saturated rings. The van der Waals surface area contributed by atoms with Gasteiger partial charge in [-0.1, -0.05) is 29.8 Å². The quantitative estimate of drug-likeness (QED) is 0.747. The average Bonchev–Trinajstić information content (AvgIpc) is 3.42. The van der Waals surface area contributed by atoms with Gasteiger partial charge < -0.3 is 10.2 Å². The Morgan fingerprint density at radius 3 is 2.39 bits per heavy atom. The summed E-state index contributed by atoms with van der Waals surface area (Å²) in [5.41, 5.74) is 2.74. The molecule has 0 bridgehead atoms. The summed E-state index contributed by atoms with van der Waals surface area (Å²) in [5, 5.41) is 2.88. The second-order valence-electron chi connectivity index (χ2n) is 8.12. The molecule has 0 unspecified atom stereocenters. The standard InChI is InChI=1S/C23H27N3O4S/c1-17-6-12-20(13-7-17)31(29,30)26-15-2-4-21(26)23(28)24-16-18-8-10-19(11-9-18)25-14-3-5-22(25)27/h6-13,21H,2-5,14-16H2,1H3,(H,24,28)/t21-/m0/s1. The second kappa shape index (κ2) is 8.80. The summed E-state index contributed by atoms with van der Waals surface area (Å²) >= 11 is 0. The van der Waals surface area contributed by atoms with Crippen LogP contribution in [0.4, 0.5) is 5.69 Å². The molecule has 0 aliphatic carbocycles. The number of sulfonamides is 1. The number of nitrogens with one attached hydrogen (secondary N) is 1. The Hall–Kier alpha value is -2.71. The van der Waals surface area contributed by atoms with Crippen molar-refractivity contribution in [1.82, 2.24) is 9.62 Å². The summed E-state index contributed by atoms with van der Waals surface area (Å²) in [7, 11) is -3.72. The van der Waals surface area contributed by atoms with Crippen molar-refractivity contribution < 1.29 is 18.0 Å². The van der Waals surface area contributed by atoms with E-state index in [0.29, 0.717) is 32.4 Å². The molecule has 4 rings (SSSR count). The fourth-order valence-electron chi connectivity index (χ4n) is 4.16. The number of aryl methyl sites for hydroxylation is 1. The van der Waals surface area contributed by atoms with Crippen molar-refractivity contribution in [2.24, 2.45) is 0 Å². The number of anilines is 1. The van der Waals surface area contributed by atoms with E-state index >= 15 is 0 Å². The maximum atomic E-state index is 13.0. The van der Waals surface area contributed by atoms with Crippen LogP contribution in [0.2, 0.25) is 0 Å². The zero-order valence-corrected chi connectivity index (χ0v) is 18.4. The molecule has 2 aliphatic heterocycles. The van der Waals surface area contributed by atoms with Crippen LogP contribution in [-0.4, -0.2) is 43.7 Å². The van der Waals surface area contributed by atoms with Gasteiger partial charge in [-0.2, -0.15) is 4.31 Å². The Morgan fingerprint density at radius 2 is 1.74 bits per heavy atom. The molecule has 2 amide bonds. The zero-order valence-electron chi connectivity index (χ0n) is 17.6. The molecule has 2 saturated heterocycles. The van der Waals surface area contributed by atoms with Gasteiger partial charge in [-0.05, 0) is 56.0 Å². The first-order valence-electron chi connectivity index (χ1n) is 10.6. The van der Waals surface area contributed by atoms with Crippen LogP contribution in [0.25, 0.3) is 0 Å². The van der Waals surface area contributed by atoms with Crippen molar-refractivity contribution in [3.8, 4) is 0 Å². The van der Waals surface area contributed by atoms with E-state index in [0.717, 1.165) is 29.8 Å². The van der Waals surface area contributed by atoms with Crippen LogP contribution in [0.1, 0.15) is 36.8 Å². The molecule has 8 heteroatoms. The number of hydrogen-bond acceptors (Lipinski definition) is 4. The molecule has 2 aromatic rings. The number of benzene rings is 2. The molecule has 2 aromatic carbocycles. The number of rotatable bonds is 6. The molecule has 2 aliphatic rings. The van der Waals surface area contributed by atoms with Gasteiger partial charge in [0.25, 0.3) is 0 Å². The van der Waals surface area contributed by atoms with Crippen molar-refractivity contribution in [2.75, 3.05) is 18.0 Å². The lowest BCUT2D eigenvalue weighted by Gasteiger charge is -2.23. The molecule has 1 atom stereocenters. The molecule has 31 heavy (non-hydrogen) atoms. The topological polar surface area (TPSA) is 86.8 Å². The molecular weight excluding hydrogens is 414 g/mol. The third-order valence-corrected chi connectivity index (χ3v) is 7.84. The number of carbonyl (C=O) groups excluding carboxylic acids is 2. The monoisotopic (exact) mass is 441 g/mol. The predicted molar refractivity (Wildman–Crippen MR) is 118 cm³/mol. The van der Waals surface area contributed by atoms with Crippen LogP contribution in [0.5, 0.6) is 0 Å². The lowest BCUT2D eigenvalue weighted by molar-refractivity contribution is -0.124. The lowest BCUT2D eigenvalue weighted by Crippen LogP contribution is -2.45. The van der Waals surface area contributed by atoms with E-state index in [9.17, 15) is 18.0 Å². The molecule has 0 radical (unpaired) electrons. The Kier molecular flexibility index (Phi) is 6.11. The molecule has 2 heterocycles. The van der Waals surface area contributed by atoms with Gasteiger partial charge in [0, 0.05) is 31.7 Å². The maximum Gasteiger partial charge on any atom is 0.243 e. The first-order chi connectivity index (χ1) is 14.9. The summed E-state index contributed by atoms with van der Waals surface area (Å²) in [5.74, 6) is -0.149. The fourth-order valence-corrected chi connectivity index (χ4v) is 5.81. The Labute approximate surface area is 183 Å². The Balaban J connectivity index is 1.40. The highest BCUT2D eigenvalue weighted by atomic mass is 32.2. The van der Waals surface area contributed by atoms with E-state index in [-0.39, 0.29) is 16.7 Å². The summed E-state index contributed by atoms with van der Waals surface area (Å²) in [4.78, 5) is 26.7. The van der Waals surface area contributed by atoms with Crippen LogP contribution in [0.15, 0.2) is 53.4 Å². The third kappa shape index (κ3) is 4.50. The van der Waals surface area contributed by atoms with E-state index in [1.54, 1.807) is 29.2 Å². The first kappa shape index (κ1) is 21.5. The summed E-state index contributed by atoms with van der Waals surface area (Å²) in [6.07, 6.45) is 2.62. The van der Waals surface area contributed by atoms with Crippen molar-refractivity contribution in [3.05, 3.63) is 59.7 Å². The highest BCUT2D eigenvalue weighted by Gasteiger charge is 2.39. The number of carbonyl (C=O) groups is 2. The van der Waals surface area contributed by atoms with Crippen molar-refractivity contribution in [3.63, 3.8) is 0 Å². The summed E-state index contributed by atoms with van der Waals surface area (Å²) in [6.45, 7) is 3.29. The van der Waals surface area contributed by atoms with Gasteiger partial charge in [0.1, 0.15) is 6.04 Å². The van der Waals surface area contributed by atoms with E-state index < -0.39 is 16.1 Å². The van der Waals surface area contributed by atoms with Gasteiger partial charge in [0.15, 0.2) is 0 Å². The lowest BCUT2D eigenvalue weighted by atomic mass is 10.1. The SMILES string of the molecule is Cc1ccc(S(=O)(=O)N2CCC[C@H]2C(=O)NCc2ccc(N3CCCC3=O)cc2)cc1. The highest BCUT2D eigenvalue weighted by Crippen LogP contribution is 2.27. The Bertz CT molecular complexity index is 1070. The van der Waals surface area contributed by atoms with E-state index in [1.807, 2.05) is 31.2 Å². The minimum Gasteiger partial charge on any atom is -0.351 e. The fraction of sp³-hybridized carbons (Fsp3) is 0.391. The maximum absolute atomic E-state index is 13.0. The third-order valence-electron chi connectivity index (χ3n) is 5.92. The highest BCUT2D eigenvalue weighted by molar-refractivity contribution is 7.89. The van der Waals surface area contributed by atoms with Gasteiger partial charge in [-0.15, -0.1) is 0 Å². The van der Waals surface area contributed by atoms with E-state index in [1.165, 1.54) is 4.31 Å². The van der Waals surface area contributed by atoms with Crippen LogP contribution >= 0.6 is 0 Å². The van der Waals surface area contributed by atoms with Gasteiger partial charge in [0.05, 0.1) is 4.90 Å².